The zero-order valence-electron chi connectivity index (χ0n) is 8.55. The fourth-order valence-corrected chi connectivity index (χ4v) is 1.71. The van der Waals surface area contributed by atoms with Crippen molar-refractivity contribution in [3.63, 3.8) is 0 Å². The summed E-state index contributed by atoms with van der Waals surface area (Å²) < 4.78 is 10.1. The molecule has 86 valence electrons. The average molecular weight is 242 g/mol. The minimum Gasteiger partial charge on any atom is -0.472 e. The Kier molecular flexibility index (Phi) is 2.73. The van der Waals surface area contributed by atoms with Crippen LogP contribution in [0.3, 0.4) is 0 Å². The Bertz CT molecular complexity index is 462. The van der Waals surface area contributed by atoms with Crippen molar-refractivity contribution in [3.05, 3.63) is 24.4 Å². The van der Waals surface area contributed by atoms with Gasteiger partial charge in [-0.1, -0.05) is 5.16 Å². The molecule has 2 N–H and O–H groups in total. The summed E-state index contributed by atoms with van der Waals surface area (Å²) in [5, 5.41) is 3.91. The summed E-state index contributed by atoms with van der Waals surface area (Å²) in [4.78, 5) is 4.28. The molecule has 1 fully saturated rings. The van der Waals surface area contributed by atoms with Crippen LogP contribution in [0.2, 0.25) is 0 Å². The molecule has 0 atom stereocenters. The van der Waals surface area contributed by atoms with E-state index in [1.165, 1.54) is 0 Å². The first-order valence-electron chi connectivity index (χ1n) is 4.94. The molecule has 0 aromatic carbocycles. The lowest BCUT2D eigenvalue weighted by atomic mass is 9.77. The quantitative estimate of drug-likeness (QED) is 0.871. The zero-order chi connectivity index (χ0) is 10.3. The number of furan rings is 1. The minimum atomic E-state index is -0.370. The smallest absolute Gasteiger partial charge is 0.261 e. The highest BCUT2D eigenvalue weighted by Crippen LogP contribution is 2.37. The molecule has 3 rings (SSSR count). The van der Waals surface area contributed by atoms with E-state index in [1.54, 1.807) is 18.6 Å². The Labute approximate surface area is 98.4 Å². The highest BCUT2D eigenvalue weighted by atomic mass is 35.5. The van der Waals surface area contributed by atoms with Gasteiger partial charge in [-0.25, -0.2) is 0 Å². The third-order valence-corrected chi connectivity index (χ3v) is 2.89. The summed E-state index contributed by atoms with van der Waals surface area (Å²) in [6.07, 6.45) is 6.13. The number of hydrogen-bond acceptors (Lipinski definition) is 5. The maximum absolute atomic E-state index is 6.08. The monoisotopic (exact) mass is 241 g/mol. The standard InChI is InChI=1S/C10H11N3O2.ClH/c11-10(3-1-4-10)9-12-8(15-13-9)7-2-5-14-6-7;/h2,5-6H,1,3-4,11H2;1H. The highest BCUT2D eigenvalue weighted by molar-refractivity contribution is 5.85. The lowest BCUT2D eigenvalue weighted by Gasteiger charge is -2.34. The van der Waals surface area contributed by atoms with Crippen LogP contribution in [0.4, 0.5) is 0 Å². The van der Waals surface area contributed by atoms with E-state index in [1.807, 2.05) is 0 Å². The normalized spacial score (nSPS) is 17.6. The van der Waals surface area contributed by atoms with E-state index in [-0.39, 0.29) is 17.9 Å². The molecule has 0 radical (unpaired) electrons. The number of nitrogens with zero attached hydrogens (tertiary/aromatic N) is 2. The first-order chi connectivity index (χ1) is 7.28. The van der Waals surface area contributed by atoms with Crippen LogP contribution in [0.1, 0.15) is 25.1 Å². The summed E-state index contributed by atoms with van der Waals surface area (Å²) in [7, 11) is 0. The van der Waals surface area contributed by atoms with Gasteiger partial charge in [-0.3, -0.25) is 0 Å². The molecule has 0 bridgehead atoms. The van der Waals surface area contributed by atoms with Gasteiger partial charge < -0.3 is 14.7 Å². The predicted octanol–water partition coefficient (Wildman–Crippen LogP) is 2.09. The summed E-state index contributed by atoms with van der Waals surface area (Å²) in [5.74, 6) is 1.07. The maximum Gasteiger partial charge on any atom is 0.261 e. The van der Waals surface area contributed by atoms with Gasteiger partial charge in [0.25, 0.3) is 5.89 Å². The van der Waals surface area contributed by atoms with Crippen LogP contribution in [0.25, 0.3) is 11.5 Å². The van der Waals surface area contributed by atoms with Gasteiger partial charge >= 0.3 is 0 Å². The Morgan fingerprint density at radius 2 is 2.19 bits per heavy atom. The third-order valence-electron chi connectivity index (χ3n) is 2.89. The second kappa shape index (κ2) is 3.92. The molecule has 1 saturated carbocycles. The Morgan fingerprint density at radius 3 is 2.75 bits per heavy atom. The molecule has 0 amide bonds. The zero-order valence-corrected chi connectivity index (χ0v) is 9.37. The van der Waals surface area contributed by atoms with Crippen LogP contribution in [0.5, 0.6) is 0 Å². The number of hydrogen-bond donors (Lipinski definition) is 1. The third kappa shape index (κ3) is 1.62. The van der Waals surface area contributed by atoms with Gasteiger partial charge in [-0.15, -0.1) is 12.4 Å². The second-order valence-electron chi connectivity index (χ2n) is 3.94. The maximum atomic E-state index is 6.08. The highest BCUT2D eigenvalue weighted by Gasteiger charge is 2.39. The molecule has 1 aliphatic rings. The molecule has 0 spiro atoms. The van der Waals surface area contributed by atoms with E-state index < -0.39 is 0 Å². The number of halogens is 1. The van der Waals surface area contributed by atoms with Crippen LogP contribution in [-0.2, 0) is 5.54 Å². The van der Waals surface area contributed by atoms with Crippen molar-refractivity contribution < 1.29 is 8.94 Å². The van der Waals surface area contributed by atoms with E-state index in [0.717, 1.165) is 24.8 Å². The van der Waals surface area contributed by atoms with Gasteiger partial charge in [0.05, 0.1) is 17.4 Å². The number of nitrogens with two attached hydrogens (primary N) is 1. The van der Waals surface area contributed by atoms with Crippen molar-refractivity contribution in [2.45, 2.75) is 24.8 Å². The van der Waals surface area contributed by atoms with E-state index in [4.69, 9.17) is 14.7 Å². The van der Waals surface area contributed by atoms with Crippen molar-refractivity contribution in [1.29, 1.82) is 0 Å². The molecule has 5 nitrogen and oxygen atoms in total. The van der Waals surface area contributed by atoms with Crippen molar-refractivity contribution in [1.82, 2.24) is 10.1 Å². The van der Waals surface area contributed by atoms with Gasteiger partial charge in [-0.05, 0) is 25.3 Å². The molecule has 16 heavy (non-hydrogen) atoms. The van der Waals surface area contributed by atoms with Crippen LogP contribution >= 0.6 is 12.4 Å². The molecule has 6 heteroatoms. The number of aromatic nitrogens is 2. The first kappa shape index (κ1) is 11.2. The number of rotatable bonds is 2. The Morgan fingerprint density at radius 1 is 1.38 bits per heavy atom. The lowest BCUT2D eigenvalue weighted by Crippen LogP contribution is -2.44. The fraction of sp³-hybridized carbons (Fsp3) is 0.400. The summed E-state index contributed by atoms with van der Waals surface area (Å²) in [6, 6.07) is 1.78. The molecule has 0 saturated heterocycles. The van der Waals surface area contributed by atoms with Gasteiger partial charge in [0.1, 0.15) is 6.26 Å². The van der Waals surface area contributed by atoms with Crippen molar-refractivity contribution in [2.24, 2.45) is 5.73 Å². The SMILES string of the molecule is Cl.NC1(c2noc(-c3ccoc3)n2)CCC1. The van der Waals surface area contributed by atoms with Gasteiger partial charge in [0.2, 0.25) is 0 Å². The van der Waals surface area contributed by atoms with Crippen molar-refractivity contribution >= 4 is 12.4 Å². The van der Waals surface area contributed by atoms with Gasteiger partial charge in [0.15, 0.2) is 5.82 Å². The van der Waals surface area contributed by atoms with Gasteiger partial charge in [-0.2, -0.15) is 4.98 Å². The topological polar surface area (TPSA) is 78.1 Å². The van der Waals surface area contributed by atoms with Gasteiger partial charge in [0, 0.05) is 0 Å². The summed E-state index contributed by atoms with van der Waals surface area (Å²) in [6.45, 7) is 0. The fourth-order valence-electron chi connectivity index (χ4n) is 1.71. The summed E-state index contributed by atoms with van der Waals surface area (Å²) in [5.41, 5.74) is 6.50. The predicted molar refractivity (Wildman–Crippen MR) is 59.0 cm³/mol. The molecule has 0 aliphatic heterocycles. The molecule has 2 heterocycles. The molecular weight excluding hydrogens is 230 g/mol. The van der Waals surface area contributed by atoms with Crippen LogP contribution < -0.4 is 5.73 Å². The van der Waals surface area contributed by atoms with Crippen molar-refractivity contribution in [2.75, 3.05) is 0 Å². The molecular formula is C10H12ClN3O2. The van der Waals surface area contributed by atoms with E-state index in [0.29, 0.717) is 11.7 Å². The van der Waals surface area contributed by atoms with Crippen LogP contribution in [0.15, 0.2) is 27.5 Å². The minimum absolute atomic E-state index is 0. The molecule has 2 aromatic rings. The first-order valence-corrected chi connectivity index (χ1v) is 4.94. The molecule has 0 unspecified atom stereocenters. The van der Waals surface area contributed by atoms with E-state index in [2.05, 4.69) is 10.1 Å². The molecule has 2 aromatic heterocycles. The second-order valence-corrected chi connectivity index (χ2v) is 3.94. The van der Waals surface area contributed by atoms with Crippen LogP contribution in [0, 0.1) is 0 Å². The lowest BCUT2D eigenvalue weighted by molar-refractivity contribution is 0.229. The van der Waals surface area contributed by atoms with E-state index in [9.17, 15) is 0 Å². The van der Waals surface area contributed by atoms with Crippen molar-refractivity contribution in [3.8, 4) is 11.5 Å². The van der Waals surface area contributed by atoms with Crippen LogP contribution in [-0.4, -0.2) is 10.1 Å². The summed E-state index contributed by atoms with van der Waals surface area (Å²) >= 11 is 0. The van der Waals surface area contributed by atoms with E-state index >= 15 is 0 Å². The molecule has 1 aliphatic carbocycles. The Hall–Kier alpha value is -1.33. The average Bonchev–Trinajstić information content (AvgIpc) is 2.84. The largest absolute Gasteiger partial charge is 0.472 e. The Balaban J connectivity index is 0.000000963.